The van der Waals surface area contributed by atoms with Crippen molar-refractivity contribution in [3.63, 3.8) is 0 Å². The molecule has 0 fully saturated rings. The van der Waals surface area contributed by atoms with Crippen LogP contribution in [0.2, 0.25) is 0 Å². The lowest BCUT2D eigenvalue weighted by Gasteiger charge is -2.10. The predicted octanol–water partition coefficient (Wildman–Crippen LogP) is 2.73. The van der Waals surface area contributed by atoms with Crippen molar-refractivity contribution in [2.45, 2.75) is 4.90 Å². The van der Waals surface area contributed by atoms with Crippen molar-refractivity contribution in [1.82, 2.24) is 5.48 Å². The lowest BCUT2D eigenvalue weighted by Crippen LogP contribution is -2.18. The first kappa shape index (κ1) is 18.4. The van der Waals surface area contributed by atoms with E-state index in [4.69, 9.17) is 0 Å². The molecule has 0 bridgehead atoms. The van der Waals surface area contributed by atoms with Crippen molar-refractivity contribution in [2.24, 2.45) is 0 Å². The molecule has 2 aromatic rings. The number of amides is 1. The zero-order valence-corrected chi connectivity index (χ0v) is 14.4. The molecule has 6 nitrogen and oxygen atoms in total. The third-order valence-corrected chi connectivity index (χ3v) is 4.48. The Morgan fingerprint density at radius 3 is 2.40 bits per heavy atom. The number of para-hydroxylation sites is 1. The summed E-state index contributed by atoms with van der Waals surface area (Å²) in [5.74, 6) is -0.398. The second-order valence-corrected chi connectivity index (χ2v) is 6.58. The van der Waals surface area contributed by atoms with E-state index in [2.05, 4.69) is 15.0 Å². The van der Waals surface area contributed by atoms with Crippen LogP contribution in [0, 0.1) is 0 Å². The van der Waals surface area contributed by atoms with Gasteiger partial charge in [0.25, 0.3) is 15.9 Å². The van der Waals surface area contributed by atoms with Gasteiger partial charge in [-0.2, -0.15) is 0 Å². The van der Waals surface area contributed by atoms with Crippen molar-refractivity contribution >= 4 is 27.7 Å². The van der Waals surface area contributed by atoms with Crippen LogP contribution in [0.5, 0.6) is 0 Å². The first-order valence-electron chi connectivity index (χ1n) is 7.37. The maximum Gasteiger partial charge on any atom is 0.267 e. The summed E-state index contributed by atoms with van der Waals surface area (Å²) in [6.07, 6.45) is 6.14. The number of sulfonamides is 1. The average molecular weight is 358 g/mol. The van der Waals surface area contributed by atoms with Gasteiger partial charge in [0, 0.05) is 6.08 Å². The highest BCUT2D eigenvalue weighted by Gasteiger charge is 2.14. The SMILES string of the molecule is CONC(=O)/C=C/C=C/c1ccccc1NS(=O)(=O)c1ccccc1. The van der Waals surface area contributed by atoms with Gasteiger partial charge in [-0.15, -0.1) is 0 Å². The van der Waals surface area contributed by atoms with Crippen molar-refractivity contribution in [3.8, 4) is 0 Å². The van der Waals surface area contributed by atoms with E-state index >= 15 is 0 Å². The van der Waals surface area contributed by atoms with Gasteiger partial charge in [-0.25, -0.2) is 13.9 Å². The quantitative estimate of drug-likeness (QED) is 0.453. The van der Waals surface area contributed by atoms with Crippen LogP contribution in [0.25, 0.3) is 6.08 Å². The molecule has 0 aliphatic carbocycles. The molecule has 0 saturated carbocycles. The Hall–Kier alpha value is -2.90. The van der Waals surface area contributed by atoms with Gasteiger partial charge in [0.05, 0.1) is 17.7 Å². The van der Waals surface area contributed by atoms with Crippen LogP contribution in [0.15, 0.2) is 77.7 Å². The third-order valence-electron chi connectivity index (χ3n) is 3.10. The summed E-state index contributed by atoms with van der Waals surface area (Å²) in [5, 5.41) is 0. The van der Waals surface area contributed by atoms with E-state index in [9.17, 15) is 13.2 Å². The Labute approximate surface area is 146 Å². The minimum absolute atomic E-state index is 0.185. The van der Waals surface area contributed by atoms with E-state index in [-0.39, 0.29) is 4.90 Å². The van der Waals surface area contributed by atoms with E-state index in [1.54, 1.807) is 54.6 Å². The predicted molar refractivity (Wildman–Crippen MR) is 97.0 cm³/mol. The second-order valence-electron chi connectivity index (χ2n) is 4.89. The molecular weight excluding hydrogens is 340 g/mol. The van der Waals surface area contributed by atoms with Gasteiger partial charge >= 0.3 is 0 Å². The summed E-state index contributed by atoms with van der Waals surface area (Å²) >= 11 is 0. The zero-order chi connectivity index (χ0) is 18.1. The molecule has 0 heterocycles. The molecule has 0 radical (unpaired) electrons. The fraction of sp³-hybridized carbons (Fsp3) is 0.0556. The van der Waals surface area contributed by atoms with Gasteiger partial charge in [-0.05, 0) is 23.8 Å². The highest BCUT2D eigenvalue weighted by molar-refractivity contribution is 7.92. The molecule has 0 atom stereocenters. The smallest absolute Gasteiger partial charge is 0.267 e. The van der Waals surface area contributed by atoms with Crippen molar-refractivity contribution in [2.75, 3.05) is 11.8 Å². The maximum absolute atomic E-state index is 12.4. The van der Waals surface area contributed by atoms with Crippen LogP contribution < -0.4 is 10.2 Å². The van der Waals surface area contributed by atoms with Crippen LogP contribution in [0.1, 0.15) is 5.56 Å². The molecule has 0 unspecified atom stereocenters. The van der Waals surface area contributed by atoms with E-state index in [0.29, 0.717) is 11.3 Å². The number of rotatable bonds is 7. The van der Waals surface area contributed by atoms with E-state index in [1.807, 2.05) is 0 Å². The molecule has 2 aromatic carbocycles. The number of hydroxylamine groups is 1. The first-order chi connectivity index (χ1) is 12.0. The van der Waals surface area contributed by atoms with Gasteiger partial charge in [0.1, 0.15) is 0 Å². The average Bonchev–Trinajstić information content (AvgIpc) is 2.61. The van der Waals surface area contributed by atoms with Crippen LogP contribution in [0.3, 0.4) is 0 Å². The van der Waals surface area contributed by atoms with Crippen molar-refractivity contribution in [1.29, 1.82) is 0 Å². The van der Waals surface area contributed by atoms with Gasteiger partial charge in [-0.3, -0.25) is 14.4 Å². The first-order valence-corrected chi connectivity index (χ1v) is 8.86. The standard InChI is InChI=1S/C18H18N2O4S/c1-24-19-18(21)14-8-6-10-15-9-5-7-13-17(15)20-25(22,23)16-11-3-2-4-12-16/h2-14,20H,1H3,(H,19,21)/b10-6+,14-8+. The second kappa shape index (κ2) is 8.81. The van der Waals surface area contributed by atoms with Crippen LogP contribution in [-0.2, 0) is 19.7 Å². The van der Waals surface area contributed by atoms with Gasteiger partial charge < -0.3 is 0 Å². The molecule has 0 saturated heterocycles. The molecule has 2 N–H and O–H groups in total. The van der Waals surface area contributed by atoms with Crippen LogP contribution >= 0.6 is 0 Å². The van der Waals surface area contributed by atoms with E-state index < -0.39 is 15.9 Å². The largest absolute Gasteiger partial charge is 0.279 e. The van der Waals surface area contributed by atoms with Crippen LogP contribution in [0.4, 0.5) is 5.69 Å². The number of carbonyl (C=O) groups excluding carboxylic acids is 1. The van der Waals surface area contributed by atoms with Gasteiger partial charge in [-0.1, -0.05) is 54.6 Å². The van der Waals surface area contributed by atoms with Gasteiger partial charge in [0.15, 0.2) is 0 Å². The van der Waals surface area contributed by atoms with Crippen molar-refractivity contribution < 1.29 is 18.0 Å². The van der Waals surface area contributed by atoms with E-state index in [1.165, 1.54) is 31.4 Å². The number of carbonyl (C=O) groups is 1. The summed E-state index contributed by atoms with van der Waals surface area (Å²) in [6, 6.07) is 15.1. The highest BCUT2D eigenvalue weighted by Crippen LogP contribution is 2.21. The Morgan fingerprint density at radius 1 is 1.00 bits per heavy atom. The number of allylic oxidation sites excluding steroid dienone is 2. The van der Waals surface area contributed by atoms with Crippen molar-refractivity contribution in [3.05, 3.63) is 78.4 Å². The molecule has 0 aliphatic heterocycles. The molecule has 130 valence electrons. The summed E-state index contributed by atoms with van der Waals surface area (Å²) < 4.78 is 27.4. The minimum Gasteiger partial charge on any atom is -0.279 e. The lowest BCUT2D eigenvalue weighted by molar-refractivity contribution is -0.126. The number of hydrogen-bond donors (Lipinski definition) is 2. The molecule has 0 spiro atoms. The van der Waals surface area contributed by atoms with E-state index in [0.717, 1.165) is 0 Å². The topological polar surface area (TPSA) is 84.5 Å². The Bertz CT molecular complexity index is 875. The minimum atomic E-state index is -3.67. The Morgan fingerprint density at radius 2 is 1.68 bits per heavy atom. The molecule has 25 heavy (non-hydrogen) atoms. The number of nitrogens with one attached hydrogen (secondary N) is 2. The number of anilines is 1. The molecule has 0 aromatic heterocycles. The number of hydrogen-bond acceptors (Lipinski definition) is 4. The molecule has 0 aliphatic rings. The highest BCUT2D eigenvalue weighted by atomic mass is 32.2. The number of benzene rings is 2. The normalized spacial score (nSPS) is 11.7. The summed E-state index contributed by atoms with van der Waals surface area (Å²) in [7, 11) is -2.33. The summed E-state index contributed by atoms with van der Waals surface area (Å²) in [5.41, 5.74) is 3.26. The zero-order valence-electron chi connectivity index (χ0n) is 13.5. The molecule has 2 rings (SSSR count). The molecular formula is C18H18N2O4S. The maximum atomic E-state index is 12.4. The molecule has 7 heteroatoms. The fourth-order valence-corrected chi connectivity index (χ4v) is 3.08. The third kappa shape index (κ3) is 5.59. The molecule has 1 amide bonds. The van der Waals surface area contributed by atoms with Crippen LogP contribution in [-0.4, -0.2) is 21.4 Å². The fourth-order valence-electron chi connectivity index (χ4n) is 1.98. The lowest BCUT2D eigenvalue weighted by atomic mass is 10.1. The summed E-state index contributed by atoms with van der Waals surface area (Å²) in [4.78, 5) is 15.9. The Kier molecular flexibility index (Phi) is 6.50. The monoisotopic (exact) mass is 358 g/mol. The van der Waals surface area contributed by atoms with Gasteiger partial charge in [0.2, 0.25) is 0 Å². The summed E-state index contributed by atoms with van der Waals surface area (Å²) in [6.45, 7) is 0. The Balaban J connectivity index is 2.17.